The molecule has 0 bridgehead atoms. The molecule has 0 aromatic heterocycles. The van der Waals surface area contributed by atoms with E-state index in [1.807, 2.05) is 0 Å². The third-order valence-electron chi connectivity index (χ3n) is 4.14. The molecule has 1 fully saturated rings. The predicted molar refractivity (Wildman–Crippen MR) is 103 cm³/mol. The van der Waals surface area contributed by atoms with E-state index in [0.29, 0.717) is 15.7 Å². The topological polar surface area (TPSA) is 92.8 Å². The fraction of sp³-hybridized carbons (Fsp3) is 0.222. The molecule has 1 atom stereocenters. The van der Waals surface area contributed by atoms with Gasteiger partial charge >= 0.3 is 0 Å². The van der Waals surface area contributed by atoms with Crippen molar-refractivity contribution in [2.45, 2.75) is 6.92 Å². The number of amides is 2. The lowest BCUT2D eigenvalue weighted by Gasteiger charge is -2.18. The number of benzene rings is 2. The molecule has 1 N–H and O–H groups in total. The standard InChI is InChI=1S/C18H17ClN2O5S/c1-11-10-27(24,25)21(18(11)23)15-9-12(7-8-13(15)19)17(22)20-14-5-3-4-6-16(14)26-2/h3-9,11H,10H2,1-2H3,(H,20,22). The Morgan fingerprint density at radius 2 is 1.96 bits per heavy atom. The highest BCUT2D eigenvalue weighted by molar-refractivity contribution is 7.94. The van der Waals surface area contributed by atoms with Crippen molar-refractivity contribution in [3.05, 3.63) is 53.1 Å². The number of rotatable bonds is 4. The van der Waals surface area contributed by atoms with Gasteiger partial charge in [-0.05, 0) is 30.3 Å². The van der Waals surface area contributed by atoms with Crippen LogP contribution in [0.3, 0.4) is 0 Å². The van der Waals surface area contributed by atoms with E-state index in [1.165, 1.54) is 32.2 Å². The molecule has 2 amide bonds. The summed E-state index contributed by atoms with van der Waals surface area (Å²) in [6.07, 6.45) is 0. The van der Waals surface area contributed by atoms with Crippen molar-refractivity contribution in [1.82, 2.24) is 0 Å². The number of carbonyl (C=O) groups excluding carboxylic acids is 2. The molecule has 0 saturated carbocycles. The molecule has 1 saturated heterocycles. The van der Waals surface area contributed by atoms with Crippen molar-refractivity contribution in [3.63, 3.8) is 0 Å². The zero-order valence-electron chi connectivity index (χ0n) is 14.6. The van der Waals surface area contributed by atoms with Crippen molar-refractivity contribution < 1.29 is 22.7 Å². The first-order chi connectivity index (χ1) is 12.7. The van der Waals surface area contributed by atoms with Crippen LogP contribution in [0.15, 0.2) is 42.5 Å². The monoisotopic (exact) mass is 408 g/mol. The maximum atomic E-state index is 12.6. The molecule has 7 nitrogen and oxygen atoms in total. The number of sulfonamides is 1. The number of ether oxygens (including phenoxy) is 1. The maximum Gasteiger partial charge on any atom is 0.255 e. The van der Waals surface area contributed by atoms with Gasteiger partial charge in [-0.3, -0.25) is 9.59 Å². The Kier molecular flexibility index (Phi) is 5.12. The quantitative estimate of drug-likeness (QED) is 0.839. The Morgan fingerprint density at radius 1 is 1.26 bits per heavy atom. The Morgan fingerprint density at radius 3 is 2.59 bits per heavy atom. The molecule has 1 aliphatic rings. The van der Waals surface area contributed by atoms with Crippen LogP contribution < -0.4 is 14.4 Å². The number of nitrogens with zero attached hydrogens (tertiary/aromatic N) is 1. The average Bonchev–Trinajstić information content (AvgIpc) is 2.83. The summed E-state index contributed by atoms with van der Waals surface area (Å²) in [5, 5.41) is 2.76. The number of nitrogens with one attached hydrogen (secondary N) is 1. The first-order valence-electron chi connectivity index (χ1n) is 8.05. The fourth-order valence-electron chi connectivity index (χ4n) is 2.82. The second-order valence-electron chi connectivity index (χ2n) is 6.10. The number of hydrogen-bond acceptors (Lipinski definition) is 5. The molecule has 3 rings (SSSR count). The van der Waals surface area contributed by atoms with Crippen LogP contribution in [-0.4, -0.2) is 33.1 Å². The zero-order chi connectivity index (χ0) is 19.8. The highest BCUT2D eigenvalue weighted by atomic mass is 35.5. The molecule has 0 radical (unpaired) electrons. The van der Waals surface area contributed by atoms with Crippen molar-refractivity contribution >= 4 is 44.8 Å². The molecule has 1 aliphatic heterocycles. The summed E-state index contributed by atoms with van der Waals surface area (Å²) in [7, 11) is -2.34. The highest BCUT2D eigenvalue weighted by Crippen LogP contribution is 2.35. The van der Waals surface area contributed by atoms with E-state index in [-0.39, 0.29) is 22.0 Å². The first kappa shape index (κ1) is 19.2. The summed E-state index contributed by atoms with van der Waals surface area (Å²) in [5.41, 5.74) is 0.585. The van der Waals surface area contributed by atoms with Gasteiger partial charge in [0.2, 0.25) is 15.9 Å². The average molecular weight is 409 g/mol. The Hall–Kier alpha value is -2.58. The lowest BCUT2D eigenvalue weighted by Crippen LogP contribution is -2.30. The van der Waals surface area contributed by atoms with Crippen LogP contribution in [-0.2, 0) is 14.8 Å². The number of halogens is 1. The molecule has 0 spiro atoms. The molecule has 1 heterocycles. The minimum atomic E-state index is -3.83. The van der Waals surface area contributed by atoms with Crippen LogP contribution in [0, 0.1) is 5.92 Å². The van der Waals surface area contributed by atoms with Crippen LogP contribution in [0.25, 0.3) is 0 Å². The fourth-order valence-corrected chi connectivity index (χ4v) is 4.90. The summed E-state index contributed by atoms with van der Waals surface area (Å²) in [4.78, 5) is 24.9. The van der Waals surface area contributed by atoms with Gasteiger partial charge in [0.15, 0.2) is 0 Å². The number of anilines is 2. The summed E-state index contributed by atoms with van der Waals surface area (Å²) in [6, 6.07) is 11.0. The van der Waals surface area contributed by atoms with Gasteiger partial charge in [-0.25, -0.2) is 12.7 Å². The van der Waals surface area contributed by atoms with Crippen molar-refractivity contribution in [2.75, 3.05) is 22.5 Å². The van der Waals surface area contributed by atoms with Crippen LogP contribution in [0.4, 0.5) is 11.4 Å². The third kappa shape index (κ3) is 3.63. The molecular weight excluding hydrogens is 392 g/mol. The van der Waals surface area contributed by atoms with Gasteiger partial charge in [-0.1, -0.05) is 30.7 Å². The van der Waals surface area contributed by atoms with E-state index in [0.717, 1.165) is 0 Å². The summed E-state index contributed by atoms with van der Waals surface area (Å²) < 4.78 is 30.5. The maximum absolute atomic E-state index is 12.6. The molecule has 2 aromatic carbocycles. The van der Waals surface area contributed by atoms with Crippen LogP contribution in [0.5, 0.6) is 5.75 Å². The summed E-state index contributed by atoms with van der Waals surface area (Å²) in [6.45, 7) is 1.53. The van der Waals surface area contributed by atoms with Crippen molar-refractivity contribution in [2.24, 2.45) is 5.92 Å². The van der Waals surface area contributed by atoms with Crippen molar-refractivity contribution in [1.29, 1.82) is 0 Å². The highest BCUT2D eigenvalue weighted by Gasteiger charge is 2.43. The second-order valence-corrected chi connectivity index (χ2v) is 8.37. The minimum Gasteiger partial charge on any atom is -0.495 e. The Balaban J connectivity index is 1.96. The smallest absolute Gasteiger partial charge is 0.255 e. The lowest BCUT2D eigenvalue weighted by molar-refractivity contribution is -0.119. The van der Waals surface area contributed by atoms with E-state index in [2.05, 4.69) is 5.32 Å². The first-order valence-corrected chi connectivity index (χ1v) is 10.0. The van der Waals surface area contributed by atoms with Gasteiger partial charge < -0.3 is 10.1 Å². The van der Waals surface area contributed by atoms with E-state index in [1.54, 1.807) is 24.3 Å². The van der Waals surface area contributed by atoms with Crippen molar-refractivity contribution in [3.8, 4) is 5.75 Å². The molecule has 27 heavy (non-hydrogen) atoms. The number of para-hydroxylation sites is 2. The molecule has 9 heteroatoms. The summed E-state index contributed by atoms with van der Waals surface area (Å²) in [5.74, 6) is -1.54. The van der Waals surface area contributed by atoms with Crippen LogP contribution >= 0.6 is 11.6 Å². The predicted octanol–water partition coefficient (Wildman–Crippen LogP) is 2.91. The van der Waals surface area contributed by atoms with E-state index in [9.17, 15) is 18.0 Å². The second kappa shape index (κ2) is 7.21. The Labute approximate surface area is 161 Å². The van der Waals surface area contributed by atoms with E-state index >= 15 is 0 Å². The van der Waals surface area contributed by atoms with Gasteiger partial charge in [0.25, 0.3) is 5.91 Å². The third-order valence-corrected chi connectivity index (χ3v) is 6.32. The largest absolute Gasteiger partial charge is 0.495 e. The van der Waals surface area contributed by atoms with Crippen LogP contribution in [0.1, 0.15) is 17.3 Å². The van der Waals surface area contributed by atoms with Gasteiger partial charge in [0, 0.05) is 5.56 Å². The van der Waals surface area contributed by atoms with Gasteiger partial charge in [-0.2, -0.15) is 0 Å². The molecular formula is C18H17ClN2O5S. The number of methoxy groups -OCH3 is 1. The SMILES string of the molecule is COc1ccccc1NC(=O)c1ccc(Cl)c(N2C(=O)C(C)CS2(=O)=O)c1. The number of hydrogen-bond donors (Lipinski definition) is 1. The lowest BCUT2D eigenvalue weighted by atomic mass is 10.1. The van der Waals surface area contributed by atoms with E-state index in [4.69, 9.17) is 16.3 Å². The minimum absolute atomic E-state index is 0.0290. The molecule has 142 valence electrons. The van der Waals surface area contributed by atoms with Gasteiger partial charge in [-0.15, -0.1) is 0 Å². The number of carbonyl (C=O) groups is 2. The van der Waals surface area contributed by atoms with E-state index < -0.39 is 27.8 Å². The molecule has 0 aliphatic carbocycles. The Bertz CT molecular complexity index is 1020. The zero-order valence-corrected chi connectivity index (χ0v) is 16.2. The normalized spacial score (nSPS) is 18.4. The molecule has 2 aromatic rings. The van der Waals surface area contributed by atoms with Gasteiger partial charge in [0.1, 0.15) is 5.75 Å². The van der Waals surface area contributed by atoms with Crippen LogP contribution in [0.2, 0.25) is 5.02 Å². The summed E-state index contributed by atoms with van der Waals surface area (Å²) >= 11 is 6.12. The van der Waals surface area contributed by atoms with Gasteiger partial charge in [0.05, 0.1) is 35.2 Å². The molecule has 1 unspecified atom stereocenters.